The number of benzene rings is 2. The number of nitrogens with zero attached hydrogens (tertiary/aromatic N) is 2. The summed E-state index contributed by atoms with van der Waals surface area (Å²) in [5, 5.41) is 5.12. The van der Waals surface area contributed by atoms with E-state index in [1.165, 1.54) is 13.0 Å². The van der Waals surface area contributed by atoms with Crippen molar-refractivity contribution in [2.45, 2.75) is 13.5 Å². The minimum atomic E-state index is -1.05. The van der Waals surface area contributed by atoms with E-state index >= 15 is 0 Å². The Balaban J connectivity index is 1.65. The van der Waals surface area contributed by atoms with Crippen molar-refractivity contribution in [3.63, 3.8) is 0 Å². The Labute approximate surface area is 166 Å². The molecule has 0 spiro atoms. The lowest BCUT2D eigenvalue weighted by atomic mass is 10.2. The molecule has 1 saturated heterocycles. The predicted molar refractivity (Wildman–Crippen MR) is 103 cm³/mol. The van der Waals surface area contributed by atoms with Crippen molar-refractivity contribution in [2.24, 2.45) is 0 Å². The number of hydrogen-bond donors (Lipinski definition) is 2. The van der Waals surface area contributed by atoms with Gasteiger partial charge in [-0.2, -0.15) is 0 Å². The summed E-state index contributed by atoms with van der Waals surface area (Å²) < 4.78 is 0. The van der Waals surface area contributed by atoms with Gasteiger partial charge in [0.25, 0.3) is 0 Å². The van der Waals surface area contributed by atoms with E-state index in [-0.39, 0.29) is 12.5 Å². The number of urea groups is 1. The third kappa shape index (κ3) is 4.64. The number of anilines is 2. The molecule has 0 atom stereocenters. The lowest BCUT2D eigenvalue weighted by Gasteiger charge is -2.15. The minimum absolute atomic E-state index is 0.0544. The maximum Gasteiger partial charge on any atom is 0.335 e. The Hall–Kier alpha value is -4.01. The lowest BCUT2D eigenvalue weighted by Crippen LogP contribution is -2.38. The smallest absolute Gasteiger partial charge is 0.326 e. The van der Waals surface area contributed by atoms with Crippen molar-refractivity contribution in [3.8, 4) is 0 Å². The summed E-state index contributed by atoms with van der Waals surface area (Å²) in [6.45, 7) is 0.703. The zero-order valence-corrected chi connectivity index (χ0v) is 15.5. The summed E-state index contributed by atoms with van der Waals surface area (Å²) >= 11 is 0. The summed E-state index contributed by atoms with van der Waals surface area (Å²) in [7, 11) is 0. The van der Waals surface area contributed by atoms with Gasteiger partial charge in [-0.25, -0.2) is 9.69 Å². The van der Waals surface area contributed by atoms with Gasteiger partial charge in [0.1, 0.15) is 6.54 Å². The van der Waals surface area contributed by atoms with Crippen LogP contribution in [0.1, 0.15) is 12.5 Å². The molecule has 148 valence electrons. The number of amides is 6. The molecule has 2 aromatic rings. The molecular weight excluding hydrogens is 376 g/mol. The number of carbonyl (C=O) groups excluding carboxylic acids is 5. The van der Waals surface area contributed by atoms with Crippen LogP contribution in [0.4, 0.5) is 16.2 Å². The molecule has 9 nitrogen and oxygen atoms in total. The number of rotatable bonds is 6. The number of imide groups is 2. The lowest BCUT2D eigenvalue weighted by molar-refractivity contribution is -0.143. The van der Waals surface area contributed by atoms with E-state index in [9.17, 15) is 24.0 Å². The quantitative estimate of drug-likeness (QED) is 0.570. The number of carbonyl (C=O) groups is 5. The van der Waals surface area contributed by atoms with E-state index in [1.54, 1.807) is 48.5 Å². The van der Waals surface area contributed by atoms with Crippen molar-refractivity contribution in [2.75, 3.05) is 17.2 Å². The van der Waals surface area contributed by atoms with Gasteiger partial charge in [0.15, 0.2) is 0 Å². The van der Waals surface area contributed by atoms with Gasteiger partial charge in [-0.05, 0) is 23.8 Å². The van der Waals surface area contributed by atoms with Gasteiger partial charge in [-0.3, -0.25) is 24.1 Å². The molecule has 1 fully saturated rings. The second-order valence-corrected chi connectivity index (χ2v) is 6.36. The highest BCUT2D eigenvalue weighted by molar-refractivity contribution is 6.45. The first-order chi connectivity index (χ1) is 13.8. The zero-order valence-electron chi connectivity index (χ0n) is 15.5. The number of hydrogen-bond acceptors (Lipinski definition) is 5. The molecule has 6 amide bonds. The van der Waals surface area contributed by atoms with Crippen LogP contribution in [0.25, 0.3) is 0 Å². The molecule has 1 aliphatic rings. The summed E-state index contributed by atoms with van der Waals surface area (Å²) in [6.07, 6.45) is 0. The van der Waals surface area contributed by atoms with Crippen LogP contribution in [0, 0.1) is 0 Å². The second-order valence-electron chi connectivity index (χ2n) is 6.36. The van der Waals surface area contributed by atoms with Crippen molar-refractivity contribution >= 4 is 41.0 Å². The first-order valence-electron chi connectivity index (χ1n) is 8.74. The molecule has 9 heteroatoms. The SMILES string of the molecule is CC(=O)Nc1cccc(NC(=O)CN2C(=O)C(=O)N(Cc3ccccc3)C2=O)c1. The monoisotopic (exact) mass is 394 g/mol. The van der Waals surface area contributed by atoms with E-state index in [0.717, 1.165) is 4.90 Å². The van der Waals surface area contributed by atoms with Crippen LogP contribution in [-0.2, 0) is 25.7 Å². The van der Waals surface area contributed by atoms with Crippen LogP contribution in [0.3, 0.4) is 0 Å². The fraction of sp³-hybridized carbons (Fsp3) is 0.150. The van der Waals surface area contributed by atoms with E-state index < -0.39 is 30.3 Å². The fourth-order valence-electron chi connectivity index (χ4n) is 2.82. The molecule has 1 aliphatic heterocycles. The van der Waals surface area contributed by atoms with Gasteiger partial charge in [-0.15, -0.1) is 0 Å². The van der Waals surface area contributed by atoms with Gasteiger partial charge in [0, 0.05) is 18.3 Å². The van der Waals surface area contributed by atoms with Crippen LogP contribution in [0.2, 0.25) is 0 Å². The topological polar surface area (TPSA) is 116 Å². The van der Waals surface area contributed by atoms with Crippen molar-refractivity contribution < 1.29 is 24.0 Å². The fourth-order valence-corrected chi connectivity index (χ4v) is 2.82. The van der Waals surface area contributed by atoms with E-state index in [0.29, 0.717) is 21.8 Å². The Bertz CT molecular complexity index is 989. The van der Waals surface area contributed by atoms with E-state index in [2.05, 4.69) is 10.6 Å². The molecule has 0 aliphatic carbocycles. The Kier molecular flexibility index (Phi) is 5.68. The molecule has 2 N–H and O–H groups in total. The zero-order chi connectivity index (χ0) is 21.0. The molecule has 0 aromatic heterocycles. The third-order valence-corrected chi connectivity index (χ3v) is 4.09. The van der Waals surface area contributed by atoms with E-state index in [4.69, 9.17) is 0 Å². The summed E-state index contributed by atoms with van der Waals surface area (Å²) in [5.74, 6) is -2.94. The van der Waals surface area contributed by atoms with Crippen LogP contribution in [0.15, 0.2) is 54.6 Å². The Morgan fingerprint density at radius 2 is 1.45 bits per heavy atom. The molecule has 29 heavy (non-hydrogen) atoms. The molecule has 3 rings (SSSR count). The van der Waals surface area contributed by atoms with Crippen LogP contribution in [-0.4, -0.2) is 46.0 Å². The third-order valence-electron chi connectivity index (χ3n) is 4.09. The molecule has 1 heterocycles. The summed E-state index contributed by atoms with van der Waals surface area (Å²) in [4.78, 5) is 61.6. The van der Waals surface area contributed by atoms with Crippen LogP contribution < -0.4 is 10.6 Å². The van der Waals surface area contributed by atoms with Crippen molar-refractivity contribution in [1.82, 2.24) is 9.80 Å². The molecule has 2 aromatic carbocycles. The molecule has 0 radical (unpaired) electrons. The Morgan fingerprint density at radius 3 is 2.10 bits per heavy atom. The normalized spacial score (nSPS) is 13.6. The molecular formula is C20H18N4O5. The van der Waals surface area contributed by atoms with Gasteiger partial charge >= 0.3 is 17.8 Å². The standard InChI is InChI=1S/C20H18N4O5/c1-13(25)21-15-8-5-9-16(10-15)22-17(26)12-24-19(28)18(27)23(20(24)29)11-14-6-3-2-4-7-14/h2-10H,11-12H2,1H3,(H,21,25)(H,22,26). The summed E-state index contributed by atoms with van der Waals surface area (Å²) in [6, 6.07) is 14.3. The maximum atomic E-state index is 12.5. The van der Waals surface area contributed by atoms with Gasteiger partial charge in [0.2, 0.25) is 11.8 Å². The van der Waals surface area contributed by atoms with E-state index in [1.807, 2.05) is 0 Å². The van der Waals surface area contributed by atoms with Crippen molar-refractivity contribution in [1.29, 1.82) is 0 Å². The van der Waals surface area contributed by atoms with Gasteiger partial charge < -0.3 is 10.6 Å². The Morgan fingerprint density at radius 1 is 0.828 bits per heavy atom. The highest BCUT2D eigenvalue weighted by Crippen LogP contribution is 2.18. The van der Waals surface area contributed by atoms with Crippen molar-refractivity contribution in [3.05, 3.63) is 60.2 Å². The maximum absolute atomic E-state index is 12.5. The number of nitrogens with one attached hydrogen (secondary N) is 2. The highest BCUT2D eigenvalue weighted by Gasteiger charge is 2.45. The predicted octanol–water partition coefficient (Wildman–Crippen LogP) is 1.57. The molecule has 0 bridgehead atoms. The van der Waals surface area contributed by atoms with Gasteiger partial charge in [0.05, 0.1) is 6.54 Å². The first kappa shape index (κ1) is 19.7. The molecule has 0 unspecified atom stereocenters. The molecule has 0 saturated carbocycles. The highest BCUT2D eigenvalue weighted by atomic mass is 16.2. The average molecular weight is 394 g/mol. The van der Waals surface area contributed by atoms with Gasteiger partial charge in [-0.1, -0.05) is 36.4 Å². The second kappa shape index (κ2) is 8.34. The average Bonchev–Trinajstić information content (AvgIpc) is 2.87. The van der Waals surface area contributed by atoms with Crippen LogP contribution >= 0.6 is 0 Å². The summed E-state index contributed by atoms with van der Waals surface area (Å²) in [5.41, 5.74) is 1.53. The van der Waals surface area contributed by atoms with Crippen LogP contribution in [0.5, 0.6) is 0 Å². The minimum Gasteiger partial charge on any atom is -0.326 e. The largest absolute Gasteiger partial charge is 0.335 e. The first-order valence-corrected chi connectivity index (χ1v) is 8.74.